The van der Waals surface area contributed by atoms with Gasteiger partial charge in [0.1, 0.15) is 5.36 Å². The molecule has 21 heavy (non-hydrogen) atoms. The molecule has 0 amide bonds. The quantitative estimate of drug-likeness (QED) is 0.593. The lowest BCUT2D eigenvalue weighted by atomic mass is 10.3. The maximum absolute atomic E-state index is 10.6. The molecule has 0 aromatic carbocycles. The van der Waals surface area contributed by atoms with E-state index in [9.17, 15) is 10.2 Å². The molecule has 4 aliphatic heterocycles. The van der Waals surface area contributed by atoms with Gasteiger partial charge in [0.25, 0.3) is 8.14 Å². The lowest BCUT2D eigenvalue weighted by Crippen LogP contribution is -2.79. The molecule has 5 rings (SSSR count). The van der Waals surface area contributed by atoms with Gasteiger partial charge in [-0.25, -0.2) is 5.70 Å². The average molecular weight is 349 g/mol. The van der Waals surface area contributed by atoms with E-state index in [1.807, 2.05) is 12.1 Å². The first-order valence-electron chi connectivity index (χ1n) is 7.59. The minimum Gasteiger partial charge on any atom is -0.549 e. The zero-order chi connectivity index (χ0) is 14.4. The molecule has 1 aromatic heterocycles. The van der Waals surface area contributed by atoms with E-state index in [2.05, 4.69) is 23.7 Å². The Bertz CT molecular complexity index is 684. The first-order valence-corrected chi connectivity index (χ1v) is 17.4. The zero-order valence-electron chi connectivity index (χ0n) is 11.9. The van der Waals surface area contributed by atoms with Gasteiger partial charge in [-0.1, -0.05) is 23.4 Å². The molecule has 0 radical (unpaired) electrons. The Kier molecular flexibility index (Phi) is 2.57. The van der Waals surface area contributed by atoms with Crippen LogP contribution in [0.25, 0.3) is 0 Å². The second kappa shape index (κ2) is 4.12. The molecule has 1 fully saturated rings. The SMILES string of the molecule is CN1CC[Si@@]23[C@H]4O[si]5c(O)ccc([si]52)C[C@@H]1[Si-]3C=C[C@@H]4O. The van der Waals surface area contributed by atoms with Gasteiger partial charge < -0.3 is 19.5 Å². The van der Waals surface area contributed by atoms with E-state index in [1.54, 1.807) is 5.17 Å². The molecule has 1 aromatic rings. The van der Waals surface area contributed by atoms with Crippen molar-refractivity contribution in [3.63, 3.8) is 0 Å². The number of hydrogen-bond acceptors (Lipinski definition) is 4. The number of hydrogen-bond donors (Lipinski definition) is 2. The van der Waals surface area contributed by atoms with Crippen LogP contribution in [0.5, 0.6) is 5.36 Å². The van der Waals surface area contributed by atoms with Crippen LogP contribution in [0.2, 0.25) is 6.04 Å². The summed E-state index contributed by atoms with van der Waals surface area (Å²) in [5.41, 5.74) is 3.21. The molecule has 1 saturated heterocycles. The first-order chi connectivity index (χ1) is 10.1. The van der Waals surface area contributed by atoms with Crippen LogP contribution < -0.4 is 4.43 Å². The molecule has 110 valence electrons. The van der Waals surface area contributed by atoms with E-state index in [1.165, 1.54) is 19.0 Å². The van der Waals surface area contributed by atoms with E-state index < -0.39 is 37.1 Å². The van der Waals surface area contributed by atoms with E-state index in [0.717, 1.165) is 0 Å². The van der Waals surface area contributed by atoms with E-state index in [0.29, 0.717) is 11.0 Å². The molecule has 0 unspecified atom stereocenters. The van der Waals surface area contributed by atoms with Gasteiger partial charge in [0.05, 0.1) is 11.8 Å². The van der Waals surface area contributed by atoms with Crippen LogP contribution in [0.4, 0.5) is 0 Å². The van der Waals surface area contributed by atoms with Crippen molar-refractivity contribution >= 4 is 31.0 Å². The number of aliphatic hydroxyl groups excluding tert-OH is 1. The summed E-state index contributed by atoms with van der Waals surface area (Å²) in [6.45, 7) is 1.17. The number of rotatable bonds is 0. The summed E-state index contributed by atoms with van der Waals surface area (Å²) in [7, 11) is -1.87. The maximum atomic E-state index is 10.6. The highest BCUT2D eigenvalue weighted by Gasteiger charge is 2.57. The van der Waals surface area contributed by atoms with Gasteiger partial charge in [0.15, 0.2) is 0 Å². The van der Waals surface area contributed by atoms with Crippen LogP contribution in [-0.2, 0) is 6.42 Å². The van der Waals surface area contributed by atoms with Gasteiger partial charge in [-0.05, 0) is 33.2 Å². The molecule has 4 nitrogen and oxygen atoms in total. The van der Waals surface area contributed by atoms with E-state index >= 15 is 0 Å². The summed E-state index contributed by atoms with van der Waals surface area (Å²) in [4.78, 5) is 2.56. The summed E-state index contributed by atoms with van der Waals surface area (Å²) >= 11 is 0. The van der Waals surface area contributed by atoms with E-state index in [4.69, 9.17) is 4.43 Å². The third kappa shape index (κ3) is 1.41. The third-order valence-electron chi connectivity index (χ3n) is 5.86. The largest absolute Gasteiger partial charge is 0.549 e. The first kappa shape index (κ1) is 13.1. The maximum Gasteiger partial charge on any atom is 0.272 e. The predicted molar refractivity (Wildman–Crippen MR) is 87.4 cm³/mol. The Morgan fingerprint density at radius 1 is 1.48 bits per heavy atom. The Labute approximate surface area is 128 Å². The van der Waals surface area contributed by atoms with Crippen molar-refractivity contribution in [3.8, 4) is 5.36 Å². The van der Waals surface area contributed by atoms with Gasteiger partial charge in [-0.3, -0.25) is 8.31 Å². The van der Waals surface area contributed by atoms with Crippen LogP contribution in [0.15, 0.2) is 23.9 Å². The van der Waals surface area contributed by atoms with Crippen LogP contribution in [-0.4, -0.2) is 77.2 Å². The molecule has 4 aliphatic rings. The Morgan fingerprint density at radius 3 is 3.19 bits per heavy atom. The van der Waals surface area contributed by atoms with Crippen molar-refractivity contribution in [2.45, 2.75) is 30.0 Å². The minimum absolute atomic E-state index is 0.0905. The molecule has 1 spiro atoms. The van der Waals surface area contributed by atoms with Crippen LogP contribution in [0.1, 0.15) is 5.17 Å². The fourth-order valence-electron chi connectivity index (χ4n) is 4.92. The van der Waals surface area contributed by atoms with Gasteiger partial charge >= 0.3 is 0 Å². The van der Waals surface area contributed by atoms with Crippen LogP contribution in [0.3, 0.4) is 0 Å². The van der Waals surface area contributed by atoms with Crippen LogP contribution in [0, 0.1) is 0 Å². The topological polar surface area (TPSA) is 52.9 Å². The zero-order valence-corrected chi connectivity index (χ0v) is 15.9. The number of nitrogens with zero attached hydrogens (tertiary/aromatic N) is 1. The third-order valence-corrected chi connectivity index (χ3v) is 43.0. The van der Waals surface area contributed by atoms with Crippen molar-refractivity contribution in [3.05, 3.63) is 29.1 Å². The van der Waals surface area contributed by atoms with Crippen molar-refractivity contribution in [2.24, 2.45) is 0 Å². The van der Waals surface area contributed by atoms with E-state index in [-0.39, 0.29) is 5.73 Å². The summed E-state index contributed by atoms with van der Waals surface area (Å²) in [6.07, 6.45) is 2.80. The molecule has 8 heteroatoms. The van der Waals surface area contributed by atoms with Gasteiger partial charge in [0.2, 0.25) is 0 Å². The molecular weight excluding hydrogens is 330 g/mol. The predicted octanol–water partition coefficient (Wildman–Crippen LogP) is -0.960. The molecule has 5 heterocycles. The summed E-state index contributed by atoms with van der Waals surface area (Å²) in [6, 6.07) is 5.40. The smallest absolute Gasteiger partial charge is 0.272 e. The summed E-state index contributed by atoms with van der Waals surface area (Å²) in [5.74, 6) is 0. The lowest BCUT2D eigenvalue weighted by molar-refractivity contribution is 0.137. The monoisotopic (exact) mass is 348 g/mol. The molecule has 4 atom stereocenters. The van der Waals surface area contributed by atoms with Gasteiger partial charge in [0, 0.05) is 7.42 Å². The highest BCUT2D eigenvalue weighted by molar-refractivity contribution is 7.68. The van der Waals surface area contributed by atoms with Crippen molar-refractivity contribution in [2.75, 3.05) is 13.6 Å². The second-order valence-corrected chi connectivity index (χ2v) is 28.9. The average Bonchev–Trinajstić information content (AvgIpc) is 2.83. The Morgan fingerprint density at radius 2 is 2.33 bits per heavy atom. The highest BCUT2D eigenvalue weighted by atomic mass is 29.7. The lowest BCUT2D eigenvalue weighted by Gasteiger charge is -2.65. The second-order valence-electron chi connectivity index (χ2n) is 6.71. The van der Waals surface area contributed by atoms with Crippen LogP contribution >= 0.6 is 0 Å². The van der Waals surface area contributed by atoms with Gasteiger partial charge in [-0.15, -0.1) is 5.67 Å². The molecule has 2 bridgehead atoms. The Hall–Kier alpha value is -0.392. The van der Waals surface area contributed by atoms with Gasteiger partial charge in [-0.2, -0.15) is 0 Å². The van der Waals surface area contributed by atoms with Crippen molar-refractivity contribution in [1.82, 2.24) is 4.90 Å². The number of aromatic hydroxyl groups is 1. The highest BCUT2D eigenvalue weighted by Crippen LogP contribution is 2.42. The molecular formula is C13H18NO3Si4-. The van der Waals surface area contributed by atoms with Crippen molar-refractivity contribution < 1.29 is 14.6 Å². The van der Waals surface area contributed by atoms with Crippen molar-refractivity contribution in [1.29, 1.82) is 0 Å². The summed E-state index contributed by atoms with van der Waals surface area (Å²) < 4.78 is 6.44. The minimum atomic E-state index is -1.61. The molecule has 0 aliphatic carbocycles. The normalized spacial score (nSPS) is 39.1. The number of likely N-dealkylation sites (N-methyl/N-ethyl adjacent to an activating group) is 1. The summed E-state index contributed by atoms with van der Waals surface area (Å²) in [5, 5.41) is 23.1. The standard InChI is InChI=1S/C13H18NO3Si4/c1-14-5-7-21-13-10(15)4-6-18(21)11(14)8-9-2-3-12(16)19(17-13)20(9)21/h2-4,6,10-11,13,15-16H,5,7-8H2,1H3/q-1/t10-,11-,13+,21-/m0/s1. The fraction of sp³-hybridized carbons (Fsp3) is 0.538. The molecule has 2 N–H and O–H groups in total. The number of aliphatic hydroxyl groups is 1. The fourth-order valence-corrected chi connectivity index (χ4v) is 54.0. The Balaban J connectivity index is 1.84. The molecule has 0 saturated carbocycles.